The number of carboxylic acid groups (broad SMARTS) is 1. The van der Waals surface area contributed by atoms with Crippen LogP contribution in [-0.2, 0) is 4.74 Å². The maximum atomic E-state index is 12.0. The number of amides is 2. The van der Waals surface area contributed by atoms with E-state index < -0.39 is 12.0 Å². The van der Waals surface area contributed by atoms with Crippen molar-refractivity contribution in [2.24, 2.45) is 0 Å². The van der Waals surface area contributed by atoms with Crippen LogP contribution in [-0.4, -0.2) is 36.9 Å². The highest BCUT2D eigenvalue weighted by Crippen LogP contribution is 2.19. The van der Waals surface area contributed by atoms with E-state index in [2.05, 4.69) is 10.6 Å². The van der Waals surface area contributed by atoms with Gasteiger partial charge in [0.15, 0.2) is 0 Å². The molecule has 1 aromatic rings. The number of hydrogen-bond acceptors (Lipinski definition) is 3. The first kappa shape index (κ1) is 17.0. The number of carboxylic acids is 1. The monoisotopic (exact) mass is 294 g/mol. The number of aryl methyl sites for hydroxylation is 1. The summed E-state index contributed by atoms with van der Waals surface area (Å²) >= 11 is 0. The van der Waals surface area contributed by atoms with Gasteiger partial charge in [0.25, 0.3) is 0 Å². The molecule has 1 unspecified atom stereocenters. The highest BCUT2D eigenvalue weighted by atomic mass is 16.5. The molecule has 0 bridgehead atoms. The predicted molar refractivity (Wildman–Crippen MR) is 80.9 cm³/mol. The van der Waals surface area contributed by atoms with Crippen LogP contribution in [0.1, 0.15) is 35.7 Å². The summed E-state index contributed by atoms with van der Waals surface area (Å²) in [5, 5.41) is 14.6. The minimum Gasteiger partial charge on any atom is -0.478 e. The molecule has 0 radical (unpaired) electrons. The summed E-state index contributed by atoms with van der Waals surface area (Å²) in [6, 6.07) is 4.44. The summed E-state index contributed by atoms with van der Waals surface area (Å²) in [5.41, 5.74) is 0.987. The number of carbonyl (C=O) groups is 2. The van der Waals surface area contributed by atoms with Crippen molar-refractivity contribution in [3.8, 4) is 0 Å². The van der Waals surface area contributed by atoms with Crippen molar-refractivity contribution in [1.29, 1.82) is 0 Å². The van der Waals surface area contributed by atoms with Gasteiger partial charge in [0.2, 0.25) is 0 Å². The molecule has 21 heavy (non-hydrogen) atoms. The normalized spacial score (nSPS) is 11.8. The lowest BCUT2D eigenvalue weighted by atomic mass is 10.1. The van der Waals surface area contributed by atoms with E-state index in [1.54, 1.807) is 32.2 Å². The van der Waals surface area contributed by atoms with Crippen LogP contribution in [0.2, 0.25) is 0 Å². The number of ether oxygens (including phenoxy) is 1. The Balaban J connectivity index is 2.79. The van der Waals surface area contributed by atoms with Gasteiger partial charge in [0, 0.05) is 7.11 Å². The first-order valence-corrected chi connectivity index (χ1v) is 6.89. The summed E-state index contributed by atoms with van der Waals surface area (Å²) in [6.07, 6.45) is 1.71. The molecule has 6 heteroatoms. The van der Waals surface area contributed by atoms with Crippen molar-refractivity contribution in [3.05, 3.63) is 29.3 Å². The number of aromatic carboxylic acids is 1. The topological polar surface area (TPSA) is 87.7 Å². The van der Waals surface area contributed by atoms with Gasteiger partial charge >= 0.3 is 12.0 Å². The molecule has 0 aliphatic heterocycles. The molecule has 0 saturated carbocycles. The second-order valence-corrected chi connectivity index (χ2v) is 4.84. The third-order valence-corrected chi connectivity index (χ3v) is 3.08. The molecule has 0 spiro atoms. The van der Waals surface area contributed by atoms with Gasteiger partial charge in [-0.05, 0) is 25.0 Å². The van der Waals surface area contributed by atoms with Crippen molar-refractivity contribution >= 4 is 17.7 Å². The van der Waals surface area contributed by atoms with Crippen LogP contribution in [0.5, 0.6) is 0 Å². The summed E-state index contributed by atoms with van der Waals surface area (Å²) in [4.78, 5) is 23.2. The number of benzene rings is 1. The van der Waals surface area contributed by atoms with Gasteiger partial charge in [-0.2, -0.15) is 0 Å². The van der Waals surface area contributed by atoms with Crippen molar-refractivity contribution in [3.63, 3.8) is 0 Å². The summed E-state index contributed by atoms with van der Waals surface area (Å²) in [6.45, 7) is 4.13. The van der Waals surface area contributed by atoms with E-state index in [1.165, 1.54) is 0 Å². The highest BCUT2D eigenvalue weighted by Gasteiger charge is 2.16. The predicted octanol–water partition coefficient (Wildman–Crippen LogP) is 2.63. The van der Waals surface area contributed by atoms with Crippen molar-refractivity contribution < 1.29 is 19.4 Å². The largest absolute Gasteiger partial charge is 0.478 e. The lowest BCUT2D eigenvalue weighted by Crippen LogP contribution is -2.40. The van der Waals surface area contributed by atoms with Gasteiger partial charge in [0.05, 0.1) is 23.9 Å². The van der Waals surface area contributed by atoms with Crippen molar-refractivity contribution in [1.82, 2.24) is 5.32 Å². The van der Waals surface area contributed by atoms with Crippen LogP contribution in [0.3, 0.4) is 0 Å². The van der Waals surface area contributed by atoms with Gasteiger partial charge in [0.1, 0.15) is 0 Å². The van der Waals surface area contributed by atoms with Crippen LogP contribution in [0.4, 0.5) is 10.5 Å². The second-order valence-electron chi connectivity index (χ2n) is 4.84. The molecule has 1 aromatic carbocycles. The fourth-order valence-electron chi connectivity index (χ4n) is 2.15. The Morgan fingerprint density at radius 3 is 2.67 bits per heavy atom. The van der Waals surface area contributed by atoms with Gasteiger partial charge < -0.3 is 20.5 Å². The molecule has 0 aliphatic carbocycles. The lowest BCUT2D eigenvalue weighted by molar-refractivity contribution is 0.0697. The van der Waals surface area contributed by atoms with E-state index in [1.807, 2.05) is 6.92 Å². The molecule has 0 saturated heterocycles. The minimum atomic E-state index is -1.06. The number of methoxy groups -OCH3 is 1. The van der Waals surface area contributed by atoms with Gasteiger partial charge in [-0.25, -0.2) is 9.59 Å². The zero-order valence-electron chi connectivity index (χ0n) is 12.6. The molecule has 1 rings (SSSR count). The van der Waals surface area contributed by atoms with E-state index in [0.29, 0.717) is 12.2 Å². The number of carbonyl (C=O) groups excluding carboxylic acids is 1. The first-order valence-electron chi connectivity index (χ1n) is 6.89. The molecule has 3 N–H and O–H groups in total. The molecule has 1 atom stereocenters. The molecule has 0 aliphatic rings. The molecular formula is C15H22N2O4. The fraction of sp³-hybridized carbons (Fsp3) is 0.467. The number of anilines is 1. The third-order valence-electron chi connectivity index (χ3n) is 3.08. The lowest BCUT2D eigenvalue weighted by Gasteiger charge is -2.18. The number of rotatable bonds is 7. The Morgan fingerprint density at radius 2 is 2.10 bits per heavy atom. The minimum absolute atomic E-state index is 0.0990. The number of hydrogen-bond donors (Lipinski definition) is 3. The zero-order valence-corrected chi connectivity index (χ0v) is 12.6. The summed E-state index contributed by atoms with van der Waals surface area (Å²) < 4.78 is 5.05. The Bertz CT molecular complexity index is 496. The third kappa shape index (κ3) is 5.07. The van der Waals surface area contributed by atoms with Gasteiger partial charge in [-0.3, -0.25) is 0 Å². The number of nitrogens with one attached hydrogen (secondary N) is 2. The number of urea groups is 1. The van der Waals surface area contributed by atoms with E-state index in [0.717, 1.165) is 12.8 Å². The Kier molecular flexibility index (Phi) is 6.68. The summed E-state index contributed by atoms with van der Waals surface area (Å²) in [7, 11) is 1.57. The second kappa shape index (κ2) is 8.26. The Labute approximate surface area is 124 Å². The van der Waals surface area contributed by atoms with Gasteiger partial charge in [-0.1, -0.05) is 25.5 Å². The molecule has 2 amide bonds. The van der Waals surface area contributed by atoms with E-state index in [4.69, 9.17) is 4.74 Å². The van der Waals surface area contributed by atoms with Crippen molar-refractivity contribution in [2.45, 2.75) is 32.7 Å². The van der Waals surface area contributed by atoms with Crippen LogP contribution < -0.4 is 10.6 Å². The molecule has 6 nitrogen and oxygen atoms in total. The first-order chi connectivity index (χ1) is 9.99. The molecule has 0 aromatic heterocycles. The molecule has 116 valence electrons. The maximum Gasteiger partial charge on any atom is 0.338 e. The van der Waals surface area contributed by atoms with Crippen LogP contribution in [0.15, 0.2) is 18.2 Å². The van der Waals surface area contributed by atoms with Crippen molar-refractivity contribution in [2.75, 3.05) is 19.0 Å². The molecule has 0 fully saturated rings. The zero-order chi connectivity index (χ0) is 15.8. The standard InChI is InChI=1S/C15H22N2O4/c1-4-6-11(9-21-3)16-15(20)17-12-8-5-7-10(2)13(12)14(18)19/h5,7-8,11H,4,6,9H2,1-3H3,(H,18,19)(H2,16,17,20). The van der Waals surface area contributed by atoms with Gasteiger partial charge in [-0.15, -0.1) is 0 Å². The van der Waals surface area contributed by atoms with E-state index >= 15 is 0 Å². The fourth-order valence-corrected chi connectivity index (χ4v) is 2.15. The van der Waals surface area contributed by atoms with Crippen LogP contribution >= 0.6 is 0 Å². The van der Waals surface area contributed by atoms with E-state index in [-0.39, 0.29) is 17.3 Å². The quantitative estimate of drug-likeness (QED) is 0.721. The average Bonchev–Trinajstić information content (AvgIpc) is 2.38. The smallest absolute Gasteiger partial charge is 0.338 e. The Hall–Kier alpha value is -2.08. The molecular weight excluding hydrogens is 272 g/mol. The van der Waals surface area contributed by atoms with Crippen LogP contribution in [0, 0.1) is 6.92 Å². The Morgan fingerprint density at radius 1 is 1.38 bits per heavy atom. The van der Waals surface area contributed by atoms with Crippen LogP contribution in [0.25, 0.3) is 0 Å². The maximum absolute atomic E-state index is 12.0. The average molecular weight is 294 g/mol. The highest BCUT2D eigenvalue weighted by molar-refractivity contribution is 6.01. The summed E-state index contributed by atoms with van der Waals surface area (Å²) in [5.74, 6) is -1.06. The van der Waals surface area contributed by atoms with E-state index in [9.17, 15) is 14.7 Å². The SMILES string of the molecule is CCCC(COC)NC(=O)Nc1cccc(C)c1C(=O)O. The molecule has 0 heterocycles.